The first-order chi connectivity index (χ1) is 13.7. The van der Waals surface area contributed by atoms with Gasteiger partial charge in [0, 0.05) is 36.8 Å². The molecule has 1 aliphatic rings. The molecule has 1 N–H and O–H groups in total. The highest BCUT2D eigenvalue weighted by Crippen LogP contribution is 2.23. The molecule has 1 aromatic heterocycles. The Morgan fingerprint density at radius 2 is 1.89 bits per heavy atom. The monoisotopic (exact) mass is 375 g/mol. The van der Waals surface area contributed by atoms with E-state index in [1.807, 2.05) is 65.7 Å². The summed E-state index contributed by atoms with van der Waals surface area (Å²) in [5.74, 6) is 0.672. The number of benzene rings is 2. The highest BCUT2D eigenvalue weighted by Gasteiger charge is 2.20. The minimum absolute atomic E-state index is 0.0473. The van der Waals surface area contributed by atoms with Crippen molar-refractivity contribution in [1.82, 2.24) is 14.9 Å². The molecule has 28 heavy (non-hydrogen) atoms. The maximum atomic E-state index is 10.9. The van der Waals surface area contributed by atoms with Crippen molar-refractivity contribution in [2.24, 2.45) is 0 Å². The molecule has 0 spiro atoms. The second-order valence-electron chi connectivity index (χ2n) is 6.82. The summed E-state index contributed by atoms with van der Waals surface area (Å²) < 4.78 is 5.82. The van der Waals surface area contributed by atoms with Gasteiger partial charge in [0.25, 0.3) is 0 Å². The van der Waals surface area contributed by atoms with Crippen molar-refractivity contribution in [2.75, 3.05) is 13.1 Å². The summed E-state index contributed by atoms with van der Waals surface area (Å²) >= 11 is 0. The number of aromatic nitrogens is 2. The smallest absolute Gasteiger partial charge is 0.317 e. The molecular weight excluding hydrogens is 354 g/mol. The fraction of sp³-hybridized carbons (Fsp3) is 0.227. The zero-order chi connectivity index (χ0) is 19.3. The van der Waals surface area contributed by atoms with Gasteiger partial charge in [-0.05, 0) is 29.8 Å². The van der Waals surface area contributed by atoms with E-state index in [4.69, 9.17) is 14.8 Å². The van der Waals surface area contributed by atoms with Crippen molar-refractivity contribution in [2.45, 2.75) is 19.6 Å². The van der Waals surface area contributed by atoms with Crippen molar-refractivity contribution in [1.29, 1.82) is 0 Å². The van der Waals surface area contributed by atoms with Gasteiger partial charge >= 0.3 is 5.97 Å². The number of carboxylic acid groups (broad SMARTS) is 1. The lowest BCUT2D eigenvalue weighted by Crippen LogP contribution is -2.35. The summed E-state index contributed by atoms with van der Waals surface area (Å²) in [6, 6.07) is 17.8. The summed E-state index contributed by atoms with van der Waals surface area (Å²) in [6.45, 7) is 1.85. The van der Waals surface area contributed by atoms with Crippen LogP contribution >= 0.6 is 0 Å². The van der Waals surface area contributed by atoms with Gasteiger partial charge in [0.15, 0.2) is 5.82 Å². The second kappa shape index (κ2) is 8.19. The molecule has 0 fully saturated rings. The molecule has 6 heteroatoms. The van der Waals surface area contributed by atoms with Crippen LogP contribution in [-0.2, 0) is 24.4 Å². The van der Waals surface area contributed by atoms with E-state index in [1.54, 1.807) is 0 Å². The molecule has 2 aromatic carbocycles. The molecule has 4 rings (SSSR count). The third kappa shape index (κ3) is 4.35. The number of ether oxygens (including phenoxy) is 1. The Hall–Kier alpha value is -3.25. The fourth-order valence-electron chi connectivity index (χ4n) is 3.28. The summed E-state index contributed by atoms with van der Waals surface area (Å²) in [5, 5.41) is 8.95. The van der Waals surface area contributed by atoms with E-state index in [0.717, 1.165) is 34.6 Å². The van der Waals surface area contributed by atoms with Gasteiger partial charge in [-0.2, -0.15) is 0 Å². The Kier molecular flexibility index (Phi) is 5.30. The van der Waals surface area contributed by atoms with Gasteiger partial charge in [-0.3, -0.25) is 9.69 Å². The lowest BCUT2D eigenvalue weighted by atomic mass is 10.1. The molecule has 6 nitrogen and oxygen atoms in total. The van der Waals surface area contributed by atoms with Crippen LogP contribution in [0.1, 0.15) is 16.8 Å². The number of nitrogens with zero attached hydrogens (tertiary/aromatic N) is 3. The molecule has 0 radical (unpaired) electrons. The Labute approximate surface area is 163 Å². The van der Waals surface area contributed by atoms with E-state index in [-0.39, 0.29) is 6.54 Å². The predicted molar refractivity (Wildman–Crippen MR) is 105 cm³/mol. The normalized spacial score (nSPS) is 13.7. The predicted octanol–water partition coefficient (Wildman–Crippen LogP) is 3.17. The van der Waals surface area contributed by atoms with Crippen LogP contribution in [0.4, 0.5) is 0 Å². The first kappa shape index (κ1) is 18.1. The number of aliphatic carboxylic acids is 1. The summed E-state index contributed by atoms with van der Waals surface area (Å²) in [4.78, 5) is 22.0. The average Bonchev–Trinajstić information content (AvgIpc) is 2.72. The van der Waals surface area contributed by atoms with Crippen molar-refractivity contribution < 1.29 is 14.6 Å². The van der Waals surface area contributed by atoms with Crippen LogP contribution in [0.2, 0.25) is 0 Å². The van der Waals surface area contributed by atoms with Crippen molar-refractivity contribution >= 4 is 5.97 Å². The number of hydrogen-bond acceptors (Lipinski definition) is 5. The van der Waals surface area contributed by atoms with E-state index < -0.39 is 5.97 Å². The standard InChI is InChI=1S/C22H21N3O3/c26-21(27)14-25-11-10-20-18(13-25)12-23-22(24-20)17-6-8-19(9-7-17)28-15-16-4-2-1-3-5-16/h1-9,12H,10-11,13-15H2,(H,26,27). The molecule has 0 saturated carbocycles. The molecule has 0 amide bonds. The molecular formula is C22H21N3O3. The highest BCUT2D eigenvalue weighted by atomic mass is 16.5. The first-order valence-electron chi connectivity index (χ1n) is 9.23. The quantitative estimate of drug-likeness (QED) is 0.713. The fourth-order valence-corrected chi connectivity index (χ4v) is 3.28. The minimum atomic E-state index is -0.810. The zero-order valence-corrected chi connectivity index (χ0v) is 15.4. The van der Waals surface area contributed by atoms with E-state index >= 15 is 0 Å². The number of carboxylic acids is 1. The van der Waals surface area contributed by atoms with Gasteiger partial charge in [-0.15, -0.1) is 0 Å². The molecule has 142 valence electrons. The van der Waals surface area contributed by atoms with Gasteiger partial charge in [0.2, 0.25) is 0 Å². The van der Waals surface area contributed by atoms with Gasteiger partial charge in [-0.25, -0.2) is 9.97 Å². The third-order valence-electron chi connectivity index (χ3n) is 4.73. The topological polar surface area (TPSA) is 75.5 Å². The van der Waals surface area contributed by atoms with E-state index in [0.29, 0.717) is 25.5 Å². The zero-order valence-electron chi connectivity index (χ0n) is 15.4. The minimum Gasteiger partial charge on any atom is -0.489 e. The lowest BCUT2D eigenvalue weighted by molar-refractivity contribution is -0.138. The summed E-state index contributed by atoms with van der Waals surface area (Å²) in [5.41, 5.74) is 4.06. The van der Waals surface area contributed by atoms with Crippen LogP contribution in [0.15, 0.2) is 60.8 Å². The van der Waals surface area contributed by atoms with Crippen LogP contribution < -0.4 is 4.74 Å². The first-order valence-corrected chi connectivity index (χ1v) is 9.23. The number of hydrogen-bond donors (Lipinski definition) is 1. The Balaban J connectivity index is 1.43. The van der Waals surface area contributed by atoms with Crippen LogP contribution in [-0.4, -0.2) is 39.0 Å². The molecule has 0 aliphatic carbocycles. The Morgan fingerprint density at radius 3 is 2.64 bits per heavy atom. The molecule has 2 heterocycles. The molecule has 0 unspecified atom stereocenters. The van der Waals surface area contributed by atoms with Gasteiger partial charge in [-0.1, -0.05) is 30.3 Å². The SMILES string of the molecule is O=C(O)CN1CCc2nc(-c3ccc(OCc4ccccc4)cc3)ncc2C1. The average molecular weight is 375 g/mol. The van der Waals surface area contributed by atoms with Crippen LogP contribution in [0, 0.1) is 0 Å². The highest BCUT2D eigenvalue weighted by molar-refractivity contribution is 5.69. The van der Waals surface area contributed by atoms with Crippen LogP contribution in [0.5, 0.6) is 5.75 Å². The van der Waals surface area contributed by atoms with E-state index in [9.17, 15) is 4.79 Å². The van der Waals surface area contributed by atoms with Crippen LogP contribution in [0.3, 0.4) is 0 Å². The molecule has 0 atom stereocenters. The number of fused-ring (bicyclic) bond motifs is 1. The number of carbonyl (C=O) groups is 1. The maximum absolute atomic E-state index is 10.9. The molecule has 0 bridgehead atoms. The van der Waals surface area contributed by atoms with Crippen molar-refractivity contribution in [3.8, 4) is 17.1 Å². The summed E-state index contributed by atoms with van der Waals surface area (Å²) in [7, 11) is 0. The molecule has 3 aromatic rings. The molecule has 0 saturated heterocycles. The third-order valence-corrected chi connectivity index (χ3v) is 4.73. The largest absolute Gasteiger partial charge is 0.489 e. The van der Waals surface area contributed by atoms with Crippen molar-refractivity contribution in [3.05, 3.63) is 77.6 Å². The van der Waals surface area contributed by atoms with Gasteiger partial charge in [0.1, 0.15) is 12.4 Å². The maximum Gasteiger partial charge on any atom is 0.317 e. The van der Waals surface area contributed by atoms with E-state index in [2.05, 4.69) is 4.98 Å². The lowest BCUT2D eigenvalue weighted by Gasteiger charge is -2.26. The second-order valence-corrected chi connectivity index (χ2v) is 6.82. The van der Waals surface area contributed by atoms with Crippen LogP contribution in [0.25, 0.3) is 11.4 Å². The van der Waals surface area contributed by atoms with Gasteiger partial charge in [0.05, 0.1) is 12.2 Å². The summed E-state index contributed by atoms with van der Waals surface area (Å²) in [6.07, 6.45) is 2.54. The Morgan fingerprint density at radius 1 is 1.11 bits per heavy atom. The number of rotatable bonds is 6. The van der Waals surface area contributed by atoms with Gasteiger partial charge < -0.3 is 9.84 Å². The van der Waals surface area contributed by atoms with Crippen molar-refractivity contribution in [3.63, 3.8) is 0 Å². The Bertz CT molecular complexity index is 959. The molecule has 1 aliphatic heterocycles. The van der Waals surface area contributed by atoms with E-state index in [1.165, 1.54) is 0 Å².